The summed E-state index contributed by atoms with van der Waals surface area (Å²) in [5.74, 6) is 0.810. The van der Waals surface area contributed by atoms with E-state index in [1.807, 2.05) is 4.90 Å². The standard InChI is InChI=1S/C22H34ClN3O3S/c1-5-16(3)15-26-21(27)20(17(4)6-2)24-22(26)11-13-25(14-12-22)30(28,29)19-9-7-18(23)8-10-19/h7-10,16-17,20,24H,5-6,11-15H2,1-4H3. The summed E-state index contributed by atoms with van der Waals surface area (Å²) >= 11 is 5.91. The van der Waals surface area contributed by atoms with Gasteiger partial charge in [0.15, 0.2) is 0 Å². The molecule has 0 aliphatic carbocycles. The topological polar surface area (TPSA) is 69.7 Å². The van der Waals surface area contributed by atoms with E-state index < -0.39 is 15.7 Å². The fourth-order valence-electron chi connectivity index (χ4n) is 4.40. The van der Waals surface area contributed by atoms with Crippen LogP contribution in [0, 0.1) is 11.8 Å². The lowest BCUT2D eigenvalue weighted by Crippen LogP contribution is -2.60. The molecule has 30 heavy (non-hydrogen) atoms. The largest absolute Gasteiger partial charge is 0.323 e. The number of piperidine rings is 1. The zero-order chi connectivity index (χ0) is 22.1. The first-order valence-corrected chi connectivity index (χ1v) is 12.8. The molecule has 0 aromatic heterocycles. The van der Waals surface area contributed by atoms with Gasteiger partial charge in [-0.25, -0.2) is 8.42 Å². The molecule has 2 aliphatic heterocycles. The molecule has 3 atom stereocenters. The van der Waals surface area contributed by atoms with Gasteiger partial charge in [-0.3, -0.25) is 10.1 Å². The van der Waals surface area contributed by atoms with Crippen LogP contribution in [0.2, 0.25) is 5.02 Å². The molecular weight excluding hydrogens is 422 g/mol. The lowest BCUT2D eigenvalue weighted by atomic mass is 9.95. The molecule has 2 heterocycles. The monoisotopic (exact) mass is 455 g/mol. The van der Waals surface area contributed by atoms with Gasteiger partial charge in [0.2, 0.25) is 15.9 Å². The van der Waals surface area contributed by atoms with Crippen molar-refractivity contribution in [3.63, 3.8) is 0 Å². The summed E-state index contributed by atoms with van der Waals surface area (Å²) in [5, 5.41) is 4.15. The van der Waals surface area contributed by atoms with E-state index in [-0.39, 0.29) is 22.8 Å². The predicted octanol–water partition coefficient (Wildman–Crippen LogP) is 3.71. The van der Waals surface area contributed by atoms with E-state index in [0.717, 1.165) is 12.8 Å². The molecule has 1 aromatic carbocycles. The van der Waals surface area contributed by atoms with Gasteiger partial charge in [0, 0.05) is 24.7 Å². The molecule has 2 fully saturated rings. The minimum Gasteiger partial charge on any atom is -0.323 e. The van der Waals surface area contributed by atoms with Gasteiger partial charge in [-0.15, -0.1) is 0 Å². The Labute approximate surface area is 186 Å². The lowest BCUT2D eigenvalue weighted by molar-refractivity contribution is -0.134. The molecule has 0 radical (unpaired) electrons. The van der Waals surface area contributed by atoms with Crippen molar-refractivity contribution in [3.8, 4) is 0 Å². The molecule has 0 saturated carbocycles. The van der Waals surface area contributed by atoms with Gasteiger partial charge in [0.25, 0.3) is 0 Å². The number of nitrogens with zero attached hydrogens (tertiary/aromatic N) is 2. The fraction of sp³-hybridized carbons (Fsp3) is 0.682. The first-order valence-electron chi connectivity index (χ1n) is 11.0. The van der Waals surface area contributed by atoms with E-state index in [1.54, 1.807) is 24.3 Å². The summed E-state index contributed by atoms with van der Waals surface area (Å²) < 4.78 is 27.7. The van der Waals surface area contributed by atoms with E-state index in [1.165, 1.54) is 4.31 Å². The Morgan fingerprint density at radius 3 is 2.27 bits per heavy atom. The summed E-state index contributed by atoms with van der Waals surface area (Å²) in [6.07, 6.45) is 3.11. The van der Waals surface area contributed by atoms with Crippen LogP contribution in [0.4, 0.5) is 0 Å². The van der Waals surface area contributed by atoms with E-state index in [4.69, 9.17) is 11.6 Å². The van der Waals surface area contributed by atoms with Crippen molar-refractivity contribution >= 4 is 27.5 Å². The van der Waals surface area contributed by atoms with Crippen molar-refractivity contribution in [2.75, 3.05) is 19.6 Å². The Morgan fingerprint density at radius 1 is 1.13 bits per heavy atom. The van der Waals surface area contributed by atoms with E-state index in [0.29, 0.717) is 43.4 Å². The average Bonchev–Trinajstić information content (AvgIpc) is 2.99. The van der Waals surface area contributed by atoms with Crippen LogP contribution in [0.1, 0.15) is 53.4 Å². The van der Waals surface area contributed by atoms with Crippen LogP contribution in [0.25, 0.3) is 0 Å². The second-order valence-electron chi connectivity index (χ2n) is 8.86. The van der Waals surface area contributed by atoms with Crippen molar-refractivity contribution < 1.29 is 13.2 Å². The van der Waals surface area contributed by atoms with Crippen molar-refractivity contribution in [2.45, 2.75) is 70.0 Å². The Bertz CT molecular complexity index is 851. The summed E-state index contributed by atoms with van der Waals surface area (Å²) in [4.78, 5) is 15.6. The van der Waals surface area contributed by atoms with Gasteiger partial charge in [-0.05, 0) is 48.9 Å². The van der Waals surface area contributed by atoms with Gasteiger partial charge in [0.05, 0.1) is 16.6 Å². The van der Waals surface area contributed by atoms with Crippen molar-refractivity contribution in [3.05, 3.63) is 29.3 Å². The highest BCUT2D eigenvalue weighted by atomic mass is 35.5. The predicted molar refractivity (Wildman–Crippen MR) is 120 cm³/mol. The third-order valence-electron chi connectivity index (χ3n) is 6.88. The molecule has 1 N–H and O–H groups in total. The molecule has 1 amide bonds. The van der Waals surface area contributed by atoms with Crippen molar-refractivity contribution in [1.82, 2.24) is 14.5 Å². The Kier molecular flexibility index (Phi) is 7.17. The summed E-state index contributed by atoms with van der Waals surface area (Å²) in [7, 11) is -3.57. The SMILES string of the molecule is CCC(C)CN1C(=O)C(C(C)CC)NC12CCN(S(=O)(=O)c1ccc(Cl)cc1)CC2. The number of nitrogens with one attached hydrogen (secondary N) is 1. The molecule has 8 heteroatoms. The van der Waals surface area contributed by atoms with Crippen LogP contribution in [-0.4, -0.2) is 54.9 Å². The Balaban J connectivity index is 1.81. The molecule has 3 rings (SSSR count). The van der Waals surface area contributed by atoms with Gasteiger partial charge in [-0.2, -0.15) is 4.31 Å². The number of carbonyl (C=O) groups excluding carboxylic acids is 1. The number of hydrogen-bond acceptors (Lipinski definition) is 4. The zero-order valence-corrected chi connectivity index (χ0v) is 20.0. The summed E-state index contributed by atoms with van der Waals surface area (Å²) in [6.45, 7) is 9.99. The number of rotatable bonds is 7. The molecule has 168 valence electrons. The molecule has 1 spiro atoms. The van der Waals surface area contributed by atoms with Gasteiger partial charge in [0.1, 0.15) is 0 Å². The van der Waals surface area contributed by atoms with Crippen molar-refractivity contribution in [1.29, 1.82) is 0 Å². The highest BCUT2D eigenvalue weighted by molar-refractivity contribution is 7.89. The van der Waals surface area contributed by atoms with Crippen LogP contribution in [0.5, 0.6) is 0 Å². The fourth-order valence-corrected chi connectivity index (χ4v) is 5.97. The van der Waals surface area contributed by atoms with Crippen LogP contribution in [0.3, 0.4) is 0 Å². The minimum absolute atomic E-state index is 0.165. The van der Waals surface area contributed by atoms with Crippen LogP contribution in [-0.2, 0) is 14.8 Å². The second-order valence-corrected chi connectivity index (χ2v) is 11.2. The molecule has 3 unspecified atom stereocenters. The Hall–Kier alpha value is -1.15. The zero-order valence-electron chi connectivity index (χ0n) is 18.4. The van der Waals surface area contributed by atoms with E-state index in [2.05, 4.69) is 33.0 Å². The van der Waals surface area contributed by atoms with E-state index in [9.17, 15) is 13.2 Å². The summed E-state index contributed by atoms with van der Waals surface area (Å²) in [5.41, 5.74) is -0.458. The first kappa shape index (κ1) is 23.5. The first-order chi connectivity index (χ1) is 14.1. The second kappa shape index (κ2) is 9.15. The maximum absolute atomic E-state index is 13.3. The Morgan fingerprint density at radius 2 is 1.73 bits per heavy atom. The third kappa shape index (κ3) is 4.40. The number of halogens is 1. The maximum atomic E-state index is 13.3. The molecule has 2 saturated heterocycles. The van der Waals surface area contributed by atoms with Crippen LogP contribution < -0.4 is 5.32 Å². The minimum atomic E-state index is -3.57. The summed E-state index contributed by atoms with van der Waals surface area (Å²) in [6, 6.07) is 6.10. The van der Waals surface area contributed by atoms with Gasteiger partial charge < -0.3 is 4.90 Å². The molecule has 6 nitrogen and oxygen atoms in total. The smallest absolute Gasteiger partial charge is 0.243 e. The highest BCUT2D eigenvalue weighted by Crippen LogP contribution is 2.37. The molecule has 2 aliphatic rings. The van der Waals surface area contributed by atoms with Crippen LogP contribution >= 0.6 is 11.6 Å². The quantitative estimate of drug-likeness (QED) is 0.680. The number of amides is 1. The number of hydrogen-bond donors (Lipinski definition) is 1. The van der Waals surface area contributed by atoms with Gasteiger partial charge in [-0.1, -0.05) is 52.1 Å². The molecule has 1 aromatic rings. The number of carbonyl (C=O) groups is 1. The maximum Gasteiger partial charge on any atom is 0.243 e. The number of sulfonamides is 1. The van der Waals surface area contributed by atoms with E-state index >= 15 is 0 Å². The van der Waals surface area contributed by atoms with Gasteiger partial charge >= 0.3 is 0 Å². The normalized spacial score (nSPS) is 24.4. The number of benzene rings is 1. The molecule has 0 bridgehead atoms. The molecular formula is C22H34ClN3O3S. The average molecular weight is 456 g/mol. The third-order valence-corrected chi connectivity index (χ3v) is 9.04. The van der Waals surface area contributed by atoms with Crippen LogP contribution in [0.15, 0.2) is 29.2 Å². The van der Waals surface area contributed by atoms with Crippen molar-refractivity contribution in [2.24, 2.45) is 11.8 Å². The lowest BCUT2D eigenvalue weighted by Gasteiger charge is -2.45. The highest BCUT2D eigenvalue weighted by Gasteiger charge is 2.53.